The number of nitro benzene ring substituents is 2. The molecule has 0 aromatic heterocycles. The molecule has 0 spiro atoms. The molecule has 0 bridgehead atoms. The van der Waals surface area contributed by atoms with E-state index in [9.17, 15) is 30.4 Å². The third-order valence-electron chi connectivity index (χ3n) is 2.62. The Balaban J connectivity index is 0.000000403. The van der Waals surface area contributed by atoms with Gasteiger partial charge in [0.1, 0.15) is 0 Å². The summed E-state index contributed by atoms with van der Waals surface area (Å²) in [4.78, 5) is 19.0. The van der Waals surface area contributed by atoms with Gasteiger partial charge in [0, 0.05) is 12.1 Å². The van der Waals surface area contributed by atoms with Crippen LogP contribution in [-0.4, -0.2) is 32.9 Å². The summed E-state index contributed by atoms with van der Waals surface area (Å²) in [7, 11) is 0. The molecule has 9 heteroatoms. The van der Waals surface area contributed by atoms with Gasteiger partial charge in [0.15, 0.2) is 0 Å². The number of benzene rings is 2. The molecule has 2 aromatic rings. The van der Waals surface area contributed by atoms with Crippen molar-refractivity contribution in [3.05, 3.63) is 67.8 Å². The van der Waals surface area contributed by atoms with Gasteiger partial charge in [0.05, 0.1) is 9.85 Å². The van der Waals surface area contributed by atoms with Gasteiger partial charge in [-0.25, -0.2) is 0 Å². The molecule has 0 saturated heterocycles. The monoisotopic (exact) mass is 328 g/mol. The third-order valence-corrected chi connectivity index (χ3v) is 2.62. The molecule has 2 rings (SSSR count). The maximum atomic E-state index is 10.8. The number of nitro groups is 2. The second kappa shape index (κ2) is 8.91. The Morgan fingerprint density at radius 3 is 1.26 bits per heavy atom. The standard InChI is InChI=1S/2C7H7NO3.Mg/c2*1-5-2-3-7(9)6(4-5)8(10)11;/h2*2-4,9H,1H3;/q;;+2/p-2. The van der Waals surface area contributed by atoms with E-state index in [2.05, 4.69) is 0 Å². The summed E-state index contributed by atoms with van der Waals surface area (Å²) in [6.45, 7) is 3.40. The Bertz CT molecular complexity index is 659. The number of rotatable bonds is 2. The third kappa shape index (κ3) is 6.08. The first-order chi connectivity index (χ1) is 10.2. The fourth-order valence-corrected chi connectivity index (χ4v) is 1.54. The van der Waals surface area contributed by atoms with Crippen LogP contribution >= 0.6 is 0 Å². The summed E-state index contributed by atoms with van der Waals surface area (Å²) in [6.07, 6.45) is 0. The number of hydrogen-bond donors (Lipinski definition) is 0. The van der Waals surface area contributed by atoms with Crippen LogP contribution in [0.1, 0.15) is 11.1 Å². The zero-order valence-corrected chi connectivity index (χ0v) is 13.9. The van der Waals surface area contributed by atoms with Crippen molar-refractivity contribution >= 4 is 34.4 Å². The molecule has 0 aliphatic heterocycles. The van der Waals surface area contributed by atoms with E-state index in [1.54, 1.807) is 26.0 Å². The van der Waals surface area contributed by atoms with E-state index in [4.69, 9.17) is 0 Å². The molecule has 0 aliphatic rings. The molecule has 0 heterocycles. The largest absolute Gasteiger partial charge is 2.00 e. The van der Waals surface area contributed by atoms with Crippen molar-refractivity contribution in [2.24, 2.45) is 0 Å². The molecule has 0 aliphatic carbocycles. The molecule has 0 unspecified atom stereocenters. The van der Waals surface area contributed by atoms with Crippen LogP contribution in [0.2, 0.25) is 0 Å². The summed E-state index contributed by atoms with van der Waals surface area (Å²) in [5.74, 6) is -1.08. The summed E-state index contributed by atoms with van der Waals surface area (Å²) in [5, 5.41) is 41.9. The summed E-state index contributed by atoms with van der Waals surface area (Å²) < 4.78 is 0. The van der Waals surface area contributed by atoms with Crippen molar-refractivity contribution in [2.75, 3.05) is 0 Å². The van der Waals surface area contributed by atoms with E-state index in [1.807, 2.05) is 0 Å². The topological polar surface area (TPSA) is 132 Å². The van der Waals surface area contributed by atoms with E-state index in [1.165, 1.54) is 24.3 Å². The van der Waals surface area contributed by atoms with Crippen molar-refractivity contribution in [2.45, 2.75) is 13.8 Å². The number of hydrogen-bond acceptors (Lipinski definition) is 6. The van der Waals surface area contributed by atoms with Crippen molar-refractivity contribution in [3.8, 4) is 11.5 Å². The molecule has 0 atom stereocenters. The number of nitrogens with zero attached hydrogens (tertiary/aromatic N) is 2. The smallest absolute Gasteiger partial charge is 0.868 e. The van der Waals surface area contributed by atoms with Gasteiger partial charge in [-0.15, -0.1) is 0 Å². The van der Waals surface area contributed by atoms with Gasteiger partial charge in [-0.3, -0.25) is 20.2 Å². The molecule has 0 amide bonds. The maximum absolute atomic E-state index is 10.8. The minimum Gasteiger partial charge on any atom is -0.868 e. The molecular weight excluding hydrogens is 316 g/mol. The molecule has 0 radical (unpaired) electrons. The van der Waals surface area contributed by atoms with Crippen molar-refractivity contribution < 1.29 is 20.1 Å². The molecule has 116 valence electrons. The summed E-state index contributed by atoms with van der Waals surface area (Å²) >= 11 is 0. The summed E-state index contributed by atoms with van der Waals surface area (Å²) in [6, 6.07) is 8.04. The molecule has 8 nitrogen and oxygen atoms in total. The van der Waals surface area contributed by atoms with Gasteiger partial charge < -0.3 is 10.2 Å². The van der Waals surface area contributed by atoms with Crippen molar-refractivity contribution in [1.29, 1.82) is 0 Å². The normalized spacial score (nSPS) is 9.13. The molecule has 0 N–H and O–H groups in total. The van der Waals surface area contributed by atoms with Gasteiger partial charge in [0.25, 0.3) is 11.4 Å². The van der Waals surface area contributed by atoms with Gasteiger partial charge in [-0.2, -0.15) is 0 Å². The minimum absolute atomic E-state index is 0. The number of aryl methyl sites for hydroxylation is 2. The van der Waals surface area contributed by atoms with Crippen LogP contribution in [0.5, 0.6) is 11.5 Å². The van der Waals surface area contributed by atoms with Crippen molar-refractivity contribution in [1.82, 2.24) is 0 Å². The van der Waals surface area contributed by atoms with E-state index in [-0.39, 0.29) is 34.4 Å². The van der Waals surface area contributed by atoms with Gasteiger partial charge >= 0.3 is 23.1 Å². The van der Waals surface area contributed by atoms with Crippen LogP contribution < -0.4 is 10.2 Å². The minimum atomic E-state index is -0.671. The second-order valence-electron chi connectivity index (χ2n) is 4.46. The zero-order chi connectivity index (χ0) is 16.9. The molecular formula is C14H12MgN2O6. The zero-order valence-electron chi connectivity index (χ0n) is 12.5. The Labute approximate surface area is 147 Å². The Morgan fingerprint density at radius 2 is 1.04 bits per heavy atom. The van der Waals surface area contributed by atoms with Crippen LogP contribution in [-0.2, 0) is 0 Å². The average molecular weight is 329 g/mol. The van der Waals surface area contributed by atoms with E-state index >= 15 is 0 Å². The van der Waals surface area contributed by atoms with Crippen LogP contribution in [0, 0.1) is 34.1 Å². The van der Waals surface area contributed by atoms with Crippen LogP contribution in [0.3, 0.4) is 0 Å². The van der Waals surface area contributed by atoms with E-state index in [0.29, 0.717) is 0 Å². The van der Waals surface area contributed by atoms with E-state index in [0.717, 1.165) is 11.1 Å². The fourth-order valence-electron chi connectivity index (χ4n) is 1.54. The molecule has 0 saturated carbocycles. The molecule has 2 aromatic carbocycles. The first-order valence-electron chi connectivity index (χ1n) is 6.06. The quantitative estimate of drug-likeness (QED) is 0.467. The maximum Gasteiger partial charge on any atom is 2.00 e. The summed E-state index contributed by atoms with van der Waals surface area (Å²) in [5.41, 5.74) is 0.725. The second-order valence-corrected chi connectivity index (χ2v) is 4.46. The van der Waals surface area contributed by atoms with Crippen LogP contribution in [0.15, 0.2) is 36.4 Å². The predicted molar refractivity (Wildman–Crippen MR) is 80.3 cm³/mol. The predicted octanol–water partition coefficient (Wildman–Crippen LogP) is 1.57. The van der Waals surface area contributed by atoms with E-state index < -0.39 is 21.3 Å². The van der Waals surface area contributed by atoms with Gasteiger partial charge in [0.2, 0.25) is 0 Å². The Kier molecular flexibility index (Phi) is 7.98. The SMILES string of the molecule is Cc1ccc([O-])c([N+](=O)[O-])c1.Cc1ccc([O-])c([N+](=O)[O-])c1.[Mg+2]. The van der Waals surface area contributed by atoms with Gasteiger partial charge in [-0.1, -0.05) is 24.3 Å². The fraction of sp³-hybridized carbons (Fsp3) is 0.143. The average Bonchev–Trinajstić information content (AvgIpc) is 2.44. The van der Waals surface area contributed by atoms with Gasteiger partial charge in [-0.05, 0) is 36.5 Å². The Hall–Kier alpha value is -2.39. The molecule has 23 heavy (non-hydrogen) atoms. The van der Waals surface area contributed by atoms with Crippen LogP contribution in [0.25, 0.3) is 0 Å². The molecule has 0 fully saturated rings. The van der Waals surface area contributed by atoms with Crippen LogP contribution in [0.4, 0.5) is 11.4 Å². The first-order valence-corrected chi connectivity index (χ1v) is 6.06. The first kappa shape index (κ1) is 20.6. The van der Waals surface area contributed by atoms with Crippen molar-refractivity contribution in [3.63, 3.8) is 0 Å². The Morgan fingerprint density at radius 1 is 0.739 bits per heavy atom.